The Balaban J connectivity index is 1.66. The fourth-order valence-electron chi connectivity index (χ4n) is 3.10. The highest BCUT2D eigenvalue weighted by Crippen LogP contribution is 2.38. The topological polar surface area (TPSA) is 83.5 Å². The SMILES string of the molecule is CC(C(=O)Nc1ccc(C(C)(O)C(F)(F)F)cc1)c1ccc(S(=O)(=O)CC2CC2)cc1. The molecule has 168 valence electrons. The maximum absolute atomic E-state index is 12.9. The summed E-state index contributed by atoms with van der Waals surface area (Å²) in [5, 5.41) is 12.3. The van der Waals surface area contributed by atoms with E-state index in [0.29, 0.717) is 12.5 Å². The number of nitrogens with one attached hydrogen (secondary N) is 1. The zero-order chi connectivity index (χ0) is 23.0. The van der Waals surface area contributed by atoms with Crippen LogP contribution in [0.3, 0.4) is 0 Å². The molecule has 0 aliphatic heterocycles. The third kappa shape index (κ3) is 5.27. The van der Waals surface area contributed by atoms with Crippen molar-refractivity contribution >= 4 is 21.4 Å². The summed E-state index contributed by atoms with van der Waals surface area (Å²) in [6.45, 7) is 2.31. The molecule has 31 heavy (non-hydrogen) atoms. The average Bonchev–Trinajstić information content (AvgIpc) is 3.50. The fourth-order valence-corrected chi connectivity index (χ4v) is 4.80. The third-order valence-electron chi connectivity index (χ3n) is 5.55. The molecule has 2 unspecified atom stereocenters. The first-order valence-electron chi connectivity index (χ1n) is 9.84. The van der Waals surface area contributed by atoms with Gasteiger partial charge in [-0.25, -0.2) is 8.42 Å². The first-order chi connectivity index (χ1) is 14.3. The molecule has 0 heterocycles. The van der Waals surface area contributed by atoms with E-state index < -0.39 is 33.4 Å². The van der Waals surface area contributed by atoms with Crippen LogP contribution in [0.4, 0.5) is 18.9 Å². The van der Waals surface area contributed by atoms with Gasteiger partial charge < -0.3 is 10.4 Å². The highest BCUT2D eigenvalue weighted by molar-refractivity contribution is 7.91. The lowest BCUT2D eigenvalue weighted by Crippen LogP contribution is -2.39. The van der Waals surface area contributed by atoms with Crippen LogP contribution >= 0.6 is 0 Å². The molecular weight excluding hydrogens is 431 g/mol. The van der Waals surface area contributed by atoms with Crippen molar-refractivity contribution in [2.45, 2.75) is 49.3 Å². The van der Waals surface area contributed by atoms with Crippen LogP contribution in [-0.2, 0) is 20.2 Å². The Labute approximate surface area is 179 Å². The maximum atomic E-state index is 12.9. The second-order valence-corrected chi connectivity index (χ2v) is 10.2. The fraction of sp³-hybridized carbons (Fsp3) is 0.409. The van der Waals surface area contributed by atoms with Crippen LogP contribution < -0.4 is 5.32 Å². The van der Waals surface area contributed by atoms with Gasteiger partial charge in [0.05, 0.1) is 16.6 Å². The summed E-state index contributed by atoms with van der Waals surface area (Å²) >= 11 is 0. The van der Waals surface area contributed by atoms with E-state index >= 15 is 0 Å². The van der Waals surface area contributed by atoms with Crippen LogP contribution in [0, 0.1) is 5.92 Å². The van der Waals surface area contributed by atoms with E-state index in [1.807, 2.05) is 0 Å². The second-order valence-electron chi connectivity index (χ2n) is 8.15. The molecule has 1 fully saturated rings. The van der Waals surface area contributed by atoms with Crippen LogP contribution in [0.2, 0.25) is 0 Å². The van der Waals surface area contributed by atoms with Crippen molar-refractivity contribution in [3.8, 4) is 0 Å². The molecule has 0 saturated heterocycles. The number of hydrogen-bond acceptors (Lipinski definition) is 4. The highest BCUT2D eigenvalue weighted by Gasteiger charge is 2.51. The summed E-state index contributed by atoms with van der Waals surface area (Å²) in [7, 11) is -3.34. The van der Waals surface area contributed by atoms with Gasteiger partial charge in [-0.15, -0.1) is 0 Å². The lowest BCUT2D eigenvalue weighted by molar-refractivity contribution is -0.258. The van der Waals surface area contributed by atoms with Crippen molar-refractivity contribution in [2.24, 2.45) is 5.92 Å². The van der Waals surface area contributed by atoms with Crippen LogP contribution in [0.25, 0.3) is 0 Å². The molecule has 1 amide bonds. The molecule has 9 heteroatoms. The van der Waals surface area contributed by atoms with E-state index in [-0.39, 0.29) is 27.8 Å². The van der Waals surface area contributed by atoms with Gasteiger partial charge in [0.15, 0.2) is 15.4 Å². The molecule has 5 nitrogen and oxygen atoms in total. The zero-order valence-electron chi connectivity index (χ0n) is 17.1. The minimum absolute atomic E-state index is 0.138. The van der Waals surface area contributed by atoms with Gasteiger partial charge in [-0.05, 0) is 68.0 Å². The van der Waals surface area contributed by atoms with E-state index in [9.17, 15) is 31.5 Å². The monoisotopic (exact) mass is 455 g/mol. The highest BCUT2D eigenvalue weighted by atomic mass is 32.2. The van der Waals surface area contributed by atoms with Gasteiger partial charge in [-0.2, -0.15) is 13.2 Å². The molecule has 2 N–H and O–H groups in total. The number of benzene rings is 2. The number of alkyl halides is 3. The molecule has 2 atom stereocenters. The molecule has 1 aliphatic rings. The number of amides is 1. The Kier molecular flexibility index (Phi) is 6.21. The number of anilines is 1. The number of halogens is 3. The lowest BCUT2D eigenvalue weighted by Gasteiger charge is -2.26. The van der Waals surface area contributed by atoms with Crippen molar-refractivity contribution in [3.05, 3.63) is 59.7 Å². The molecule has 1 saturated carbocycles. The number of aliphatic hydroxyl groups is 1. The molecule has 0 aromatic heterocycles. The first kappa shape index (κ1) is 23.3. The summed E-state index contributed by atoms with van der Waals surface area (Å²) in [6.07, 6.45) is -2.96. The van der Waals surface area contributed by atoms with Gasteiger partial charge in [0, 0.05) is 5.69 Å². The van der Waals surface area contributed by atoms with Gasteiger partial charge >= 0.3 is 6.18 Å². The minimum Gasteiger partial charge on any atom is -0.376 e. The normalized spacial score (nSPS) is 17.6. The van der Waals surface area contributed by atoms with Gasteiger partial charge in [0.25, 0.3) is 0 Å². The summed E-state index contributed by atoms with van der Waals surface area (Å²) in [5.74, 6) is -0.637. The van der Waals surface area contributed by atoms with Crippen LogP contribution in [0.1, 0.15) is 43.7 Å². The largest absolute Gasteiger partial charge is 0.421 e. The number of rotatable bonds is 7. The Morgan fingerprint density at radius 3 is 2.13 bits per heavy atom. The molecule has 0 bridgehead atoms. The van der Waals surface area contributed by atoms with Crippen LogP contribution in [-0.4, -0.2) is 31.4 Å². The maximum Gasteiger partial charge on any atom is 0.421 e. The Morgan fingerprint density at radius 1 is 1.10 bits per heavy atom. The third-order valence-corrected chi connectivity index (χ3v) is 7.45. The van der Waals surface area contributed by atoms with Gasteiger partial charge in [0.2, 0.25) is 5.91 Å². The van der Waals surface area contributed by atoms with Crippen molar-refractivity contribution in [3.63, 3.8) is 0 Å². The van der Waals surface area contributed by atoms with E-state index in [2.05, 4.69) is 5.32 Å². The van der Waals surface area contributed by atoms with Crippen molar-refractivity contribution in [1.29, 1.82) is 0 Å². The van der Waals surface area contributed by atoms with Gasteiger partial charge in [-0.3, -0.25) is 4.79 Å². The number of carbonyl (C=O) groups excluding carboxylic acids is 1. The van der Waals surface area contributed by atoms with E-state index in [1.165, 1.54) is 24.3 Å². The molecule has 0 radical (unpaired) electrons. The quantitative estimate of drug-likeness (QED) is 0.649. The molecular formula is C22H24F3NO4S. The summed E-state index contributed by atoms with van der Waals surface area (Å²) in [6, 6.07) is 10.9. The molecule has 2 aromatic carbocycles. The molecule has 0 spiro atoms. The van der Waals surface area contributed by atoms with Crippen molar-refractivity contribution in [1.82, 2.24) is 0 Å². The Morgan fingerprint density at radius 2 is 1.65 bits per heavy atom. The van der Waals surface area contributed by atoms with Crippen molar-refractivity contribution < 1.29 is 31.5 Å². The average molecular weight is 455 g/mol. The second kappa shape index (κ2) is 8.27. The standard InChI is InChI=1S/C22H24F3NO4S/c1-14(16-5-11-19(12-6-16)31(29,30)13-15-3-4-15)20(27)26-18-9-7-17(8-10-18)21(2,28)22(23,24)25/h5-12,14-15,28H,3-4,13H2,1-2H3,(H,26,27). The van der Waals surface area contributed by atoms with E-state index in [4.69, 9.17) is 0 Å². The predicted molar refractivity (Wildman–Crippen MR) is 110 cm³/mol. The number of hydrogen-bond donors (Lipinski definition) is 2. The Bertz CT molecular complexity index is 1040. The van der Waals surface area contributed by atoms with E-state index in [0.717, 1.165) is 25.0 Å². The van der Waals surface area contributed by atoms with Gasteiger partial charge in [0.1, 0.15) is 0 Å². The molecule has 1 aliphatic carbocycles. The van der Waals surface area contributed by atoms with Crippen LogP contribution in [0.5, 0.6) is 0 Å². The summed E-state index contributed by atoms with van der Waals surface area (Å²) in [4.78, 5) is 12.8. The summed E-state index contributed by atoms with van der Waals surface area (Å²) < 4.78 is 63.5. The Hall–Kier alpha value is -2.39. The van der Waals surface area contributed by atoms with Crippen LogP contribution in [0.15, 0.2) is 53.4 Å². The minimum atomic E-state index is -4.83. The zero-order valence-corrected chi connectivity index (χ0v) is 17.9. The first-order valence-corrected chi connectivity index (χ1v) is 11.5. The predicted octanol–water partition coefficient (Wildman–Crippen LogP) is 4.38. The number of carbonyl (C=O) groups is 1. The number of sulfone groups is 1. The molecule has 2 aromatic rings. The lowest BCUT2D eigenvalue weighted by atomic mass is 9.95. The summed E-state index contributed by atoms with van der Waals surface area (Å²) in [5.41, 5.74) is -2.44. The van der Waals surface area contributed by atoms with Crippen molar-refractivity contribution in [2.75, 3.05) is 11.1 Å². The molecule has 3 rings (SSSR count). The smallest absolute Gasteiger partial charge is 0.376 e. The van der Waals surface area contributed by atoms with E-state index in [1.54, 1.807) is 19.1 Å². The van der Waals surface area contributed by atoms with Gasteiger partial charge in [-0.1, -0.05) is 24.3 Å².